The second-order valence-corrected chi connectivity index (χ2v) is 5.91. The standard InChI is InChI=1S/C15H20N2S/c1-2-16-13-5-8-17(9-6-13)14-3-4-15-12(11-14)7-10-18-15/h3-4,7,10-11,13,16H,2,5-6,8-9H2,1H3. The Kier molecular flexibility index (Phi) is 3.52. The molecule has 0 amide bonds. The zero-order chi connectivity index (χ0) is 12.4. The molecular formula is C15H20N2S. The Balaban J connectivity index is 1.71. The van der Waals surface area contributed by atoms with Gasteiger partial charge in [-0.25, -0.2) is 0 Å². The number of piperidine rings is 1. The van der Waals surface area contributed by atoms with Crippen molar-refractivity contribution < 1.29 is 0 Å². The van der Waals surface area contributed by atoms with Gasteiger partial charge in [-0.05, 0) is 54.4 Å². The van der Waals surface area contributed by atoms with E-state index in [1.165, 1.54) is 41.7 Å². The summed E-state index contributed by atoms with van der Waals surface area (Å²) in [4.78, 5) is 2.52. The van der Waals surface area contributed by atoms with E-state index in [9.17, 15) is 0 Å². The average molecular weight is 260 g/mol. The number of nitrogens with one attached hydrogen (secondary N) is 1. The van der Waals surface area contributed by atoms with Gasteiger partial charge >= 0.3 is 0 Å². The van der Waals surface area contributed by atoms with Crippen LogP contribution in [0.2, 0.25) is 0 Å². The minimum atomic E-state index is 0.719. The van der Waals surface area contributed by atoms with Crippen LogP contribution >= 0.6 is 11.3 Å². The number of benzene rings is 1. The van der Waals surface area contributed by atoms with E-state index >= 15 is 0 Å². The SMILES string of the molecule is CCNC1CCN(c2ccc3sccc3c2)CC1. The summed E-state index contributed by atoms with van der Waals surface area (Å²) in [6.45, 7) is 5.63. The predicted octanol–water partition coefficient (Wildman–Crippen LogP) is 3.48. The molecule has 1 aromatic carbocycles. The highest BCUT2D eigenvalue weighted by atomic mass is 32.1. The third-order valence-electron chi connectivity index (χ3n) is 3.79. The van der Waals surface area contributed by atoms with Crippen LogP contribution in [-0.4, -0.2) is 25.7 Å². The molecule has 0 atom stereocenters. The molecule has 1 fully saturated rings. The van der Waals surface area contributed by atoms with Crippen molar-refractivity contribution in [3.05, 3.63) is 29.6 Å². The molecule has 1 aliphatic rings. The summed E-state index contributed by atoms with van der Waals surface area (Å²) in [5.74, 6) is 0. The number of hydrogen-bond donors (Lipinski definition) is 1. The third kappa shape index (κ3) is 2.38. The Bertz CT molecular complexity index is 512. The first-order valence-electron chi connectivity index (χ1n) is 6.82. The highest BCUT2D eigenvalue weighted by Crippen LogP contribution is 2.27. The van der Waals surface area contributed by atoms with Gasteiger partial charge in [0.05, 0.1) is 0 Å². The molecule has 0 aliphatic carbocycles. The van der Waals surface area contributed by atoms with Gasteiger partial charge < -0.3 is 10.2 Å². The van der Waals surface area contributed by atoms with E-state index in [1.807, 2.05) is 11.3 Å². The van der Waals surface area contributed by atoms with E-state index in [1.54, 1.807) is 0 Å². The molecule has 1 aliphatic heterocycles. The molecule has 0 spiro atoms. The van der Waals surface area contributed by atoms with E-state index in [4.69, 9.17) is 0 Å². The molecular weight excluding hydrogens is 240 g/mol. The largest absolute Gasteiger partial charge is 0.371 e. The van der Waals surface area contributed by atoms with Gasteiger partial charge in [-0.2, -0.15) is 0 Å². The quantitative estimate of drug-likeness (QED) is 0.909. The molecule has 2 nitrogen and oxygen atoms in total. The fourth-order valence-corrected chi connectivity index (χ4v) is 3.55. The highest BCUT2D eigenvalue weighted by Gasteiger charge is 2.18. The molecule has 3 rings (SSSR count). The maximum absolute atomic E-state index is 3.56. The Morgan fingerprint density at radius 1 is 1.28 bits per heavy atom. The Morgan fingerprint density at radius 3 is 2.89 bits per heavy atom. The number of rotatable bonds is 3. The lowest BCUT2D eigenvalue weighted by atomic mass is 10.0. The summed E-state index contributed by atoms with van der Waals surface area (Å²) in [5, 5.41) is 7.11. The topological polar surface area (TPSA) is 15.3 Å². The number of fused-ring (bicyclic) bond motifs is 1. The van der Waals surface area contributed by atoms with E-state index in [2.05, 4.69) is 46.8 Å². The summed E-state index contributed by atoms with van der Waals surface area (Å²) in [6.07, 6.45) is 2.52. The van der Waals surface area contributed by atoms with Crippen LogP contribution in [-0.2, 0) is 0 Å². The van der Waals surface area contributed by atoms with Gasteiger partial charge in [0.2, 0.25) is 0 Å². The van der Waals surface area contributed by atoms with Gasteiger partial charge in [0.1, 0.15) is 0 Å². The van der Waals surface area contributed by atoms with Gasteiger partial charge in [0.15, 0.2) is 0 Å². The summed E-state index contributed by atoms with van der Waals surface area (Å²) in [5.41, 5.74) is 1.39. The normalized spacial score (nSPS) is 17.5. The molecule has 96 valence electrons. The van der Waals surface area contributed by atoms with Crippen molar-refractivity contribution in [2.45, 2.75) is 25.8 Å². The number of thiophene rings is 1. The van der Waals surface area contributed by atoms with E-state index in [0.717, 1.165) is 12.6 Å². The zero-order valence-corrected chi connectivity index (χ0v) is 11.7. The van der Waals surface area contributed by atoms with E-state index in [-0.39, 0.29) is 0 Å². The van der Waals surface area contributed by atoms with Gasteiger partial charge in [0.25, 0.3) is 0 Å². The summed E-state index contributed by atoms with van der Waals surface area (Å²) in [7, 11) is 0. The van der Waals surface area contributed by atoms with Crippen LogP contribution in [0.3, 0.4) is 0 Å². The van der Waals surface area contributed by atoms with Crippen LogP contribution in [0.25, 0.3) is 10.1 Å². The zero-order valence-electron chi connectivity index (χ0n) is 10.9. The Morgan fingerprint density at radius 2 is 2.11 bits per heavy atom. The lowest BCUT2D eigenvalue weighted by Crippen LogP contribution is -2.42. The molecule has 0 radical (unpaired) electrons. The van der Waals surface area contributed by atoms with Gasteiger partial charge in [-0.3, -0.25) is 0 Å². The van der Waals surface area contributed by atoms with Crippen LogP contribution in [0.5, 0.6) is 0 Å². The van der Waals surface area contributed by atoms with Crippen LogP contribution in [0.15, 0.2) is 29.6 Å². The summed E-state index contributed by atoms with van der Waals surface area (Å²) in [6, 6.07) is 9.79. The fraction of sp³-hybridized carbons (Fsp3) is 0.467. The lowest BCUT2D eigenvalue weighted by Gasteiger charge is -2.34. The van der Waals surface area contributed by atoms with Crippen LogP contribution < -0.4 is 10.2 Å². The second kappa shape index (κ2) is 5.29. The number of hydrogen-bond acceptors (Lipinski definition) is 3. The predicted molar refractivity (Wildman–Crippen MR) is 80.7 cm³/mol. The second-order valence-electron chi connectivity index (χ2n) is 4.96. The molecule has 0 unspecified atom stereocenters. The van der Waals surface area contributed by atoms with Crippen molar-refractivity contribution in [3.8, 4) is 0 Å². The summed E-state index contributed by atoms with van der Waals surface area (Å²) < 4.78 is 1.39. The lowest BCUT2D eigenvalue weighted by molar-refractivity contribution is 0.424. The first-order chi connectivity index (χ1) is 8.86. The molecule has 1 aromatic heterocycles. The molecule has 1 saturated heterocycles. The molecule has 3 heteroatoms. The van der Waals surface area contributed by atoms with Gasteiger partial charge in [0, 0.05) is 29.5 Å². The van der Waals surface area contributed by atoms with Crippen LogP contribution in [0.4, 0.5) is 5.69 Å². The molecule has 18 heavy (non-hydrogen) atoms. The maximum atomic E-state index is 3.56. The number of nitrogens with zero attached hydrogens (tertiary/aromatic N) is 1. The van der Waals surface area contributed by atoms with Crippen LogP contribution in [0.1, 0.15) is 19.8 Å². The highest BCUT2D eigenvalue weighted by molar-refractivity contribution is 7.17. The Hall–Kier alpha value is -1.06. The van der Waals surface area contributed by atoms with Crippen molar-refractivity contribution in [1.29, 1.82) is 0 Å². The van der Waals surface area contributed by atoms with E-state index in [0.29, 0.717) is 0 Å². The van der Waals surface area contributed by atoms with Crippen molar-refractivity contribution in [1.82, 2.24) is 5.32 Å². The molecule has 2 heterocycles. The van der Waals surface area contributed by atoms with Crippen molar-refractivity contribution in [3.63, 3.8) is 0 Å². The first-order valence-corrected chi connectivity index (χ1v) is 7.70. The third-order valence-corrected chi connectivity index (χ3v) is 4.69. The fourth-order valence-electron chi connectivity index (χ4n) is 2.78. The minimum Gasteiger partial charge on any atom is -0.371 e. The maximum Gasteiger partial charge on any atom is 0.0373 e. The smallest absolute Gasteiger partial charge is 0.0373 e. The van der Waals surface area contributed by atoms with E-state index < -0.39 is 0 Å². The molecule has 2 aromatic rings. The molecule has 1 N–H and O–H groups in total. The minimum absolute atomic E-state index is 0.719. The summed E-state index contributed by atoms with van der Waals surface area (Å²) >= 11 is 1.82. The first kappa shape index (κ1) is 12.0. The monoisotopic (exact) mass is 260 g/mol. The molecule has 0 saturated carbocycles. The molecule has 0 bridgehead atoms. The van der Waals surface area contributed by atoms with Gasteiger partial charge in [-0.1, -0.05) is 6.92 Å². The van der Waals surface area contributed by atoms with Gasteiger partial charge in [-0.15, -0.1) is 11.3 Å². The van der Waals surface area contributed by atoms with Crippen molar-refractivity contribution in [2.24, 2.45) is 0 Å². The van der Waals surface area contributed by atoms with Crippen molar-refractivity contribution in [2.75, 3.05) is 24.5 Å². The van der Waals surface area contributed by atoms with Crippen molar-refractivity contribution >= 4 is 27.1 Å². The Labute approximate surface area is 113 Å². The number of anilines is 1. The average Bonchev–Trinajstić information content (AvgIpc) is 2.87. The van der Waals surface area contributed by atoms with Crippen LogP contribution in [0, 0.1) is 0 Å².